The van der Waals surface area contributed by atoms with Gasteiger partial charge in [-0.2, -0.15) is 5.10 Å². The minimum absolute atomic E-state index is 0.0465. The second-order valence-corrected chi connectivity index (χ2v) is 5.97. The van der Waals surface area contributed by atoms with Gasteiger partial charge in [-0.05, 0) is 56.5 Å². The van der Waals surface area contributed by atoms with Crippen molar-refractivity contribution in [3.8, 4) is 11.6 Å². The van der Waals surface area contributed by atoms with Gasteiger partial charge >= 0.3 is 0 Å². The van der Waals surface area contributed by atoms with Gasteiger partial charge < -0.3 is 15.4 Å². The van der Waals surface area contributed by atoms with Gasteiger partial charge in [0.05, 0.1) is 0 Å². The predicted octanol–water partition coefficient (Wildman–Crippen LogP) is 2.99. The first kappa shape index (κ1) is 16.4. The van der Waals surface area contributed by atoms with Crippen LogP contribution in [0.15, 0.2) is 42.6 Å². The Bertz CT molecular complexity index is 657. The van der Waals surface area contributed by atoms with Crippen LogP contribution < -0.4 is 15.4 Å². The zero-order valence-electron chi connectivity index (χ0n) is 13.6. The van der Waals surface area contributed by atoms with E-state index in [1.54, 1.807) is 24.4 Å². The molecule has 3 rings (SSSR count). The molecule has 6 heteroatoms. The highest BCUT2D eigenvalue weighted by atomic mass is 16.5. The lowest BCUT2D eigenvalue weighted by Crippen LogP contribution is -2.28. The molecule has 1 aliphatic heterocycles. The Hall–Kier alpha value is -2.47. The van der Waals surface area contributed by atoms with Gasteiger partial charge in [0.15, 0.2) is 0 Å². The Balaban J connectivity index is 1.51. The summed E-state index contributed by atoms with van der Waals surface area (Å²) in [7, 11) is 0. The number of benzene rings is 1. The molecule has 2 heterocycles. The number of nitrogens with zero attached hydrogens (tertiary/aromatic N) is 2. The molecule has 2 N–H and O–H groups in total. The maximum absolute atomic E-state index is 12.1. The number of nitrogens with one attached hydrogen (secondary N) is 2. The molecule has 1 aromatic carbocycles. The molecule has 6 nitrogen and oxygen atoms in total. The van der Waals surface area contributed by atoms with E-state index in [9.17, 15) is 4.79 Å². The van der Waals surface area contributed by atoms with E-state index in [4.69, 9.17) is 4.74 Å². The molecule has 0 saturated carbocycles. The first-order chi connectivity index (χ1) is 11.8. The number of carbonyl (C=O) groups excluding carboxylic acids is 1. The number of ether oxygens (including phenoxy) is 1. The Morgan fingerprint density at radius 3 is 2.92 bits per heavy atom. The van der Waals surface area contributed by atoms with Gasteiger partial charge in [0.2, 0.25) is 11.8 Å². The van der Waals surface area contributed by atoms with E-state index < -0.39 is 0 Å². The standard InChI is InChI=1S/C18H22N4O2/c23-17(7-6-14-8-11-19-12-9-14)21-15-3-1-4-16(13-15)24-18-5-2-10-20-22-18/h1-5,10,13-14,19H,6-9,11-12H2,(H,21,23). The van der Waals surface area contributed by atoms with Crippen LogP contribution in [-0.4, -0.2) is 29.2 Å². The lowest BCUT2D eigenvalue weighted by molar-refractivity contribution is -0.116. The van der Waals surface area contributed by atoms with Crippen LogP contribution in [0.5, 0.6) is 11.6 Å². The molecule has 0 bridgehead atoms. The third-order valence-electron chi connectivity index (χ3n) is 4.13. The maximum Gasteiger partial charge on any atom is 0.238 e. The fourth-order valence-corrected chi connectivity index (χ4v) is 2.83. The van der Waals surface area contributed by atoms with E-state index >= 15 is 0 Å². The van der Waals surface area contributed by atoms with Crippen LogP contribution >= 0.6 is 0 Å². The number of anilines is 1. The molecule has 1 aliphatic rings. The maximum atomic E-state index is 12.1. The van der Waals surface area contributed by atoms with Crippen molar-refractivity contribution in [1.29, 1.82) is 0 Å². The van der Waals surface area contributed by atoms with E-state index in [0.717, 1.165) is 38.0 Å². The van der Waals surface area contributed by atoms with Gasteiger partial charge in [-0.3, -0.25) is 4.79 Å². The molecule has 1 aromatic heterocycles. The normalized spacial score (nSPS) is 15.0. The zero-order chi connectivity index (χ0) is 16.6. The van der Waals surface area contributed by atoms with Crippen molar-refractivity contribution >= 4 is 11.6 Å². The number of aromatic nitrogens is 2. The largest absolute Gasteiger partial charge is 0.437 e. The summed E-state index contributed by atoms with van der Waals surface area (Å²) in [6, 6.07) is 10.8. The van der Waals surface area contributed by atoms with E-state index in [1.165, 1.54) is 0 Å². The molecule has 1 saturated heterocycles. The number of piperidine rings is 1. The highest BCUT2D eigenvalue weighted by Gasteiger charge is 2.14. The van der Waals surface area contributed by atoms with Crippen LogP contribution in [0.4, 0.5) is 5.69 Å². The number of amides is 1. The van der Waals surface area contributed by atoms with Crippen molar-refractivity contribution in [2.75, 3.05) is 18.4 Å². The molecule has 126 valence electrons. The van der Waals surface area contributed by atoms with Crippen molar-refractivity contribution in [2.45, 2.75) is 25.7 Å². The van der Waals surface area contributed by atoms with Crippen molar-refractivity contribution in [3.63, 3.8) is 0 Å². The number of carbonyl (C=O) groups is 1. The SMILES string of the molecule is O=C(CCC1CCNCC1)Nc1cccc(Oc2cccnn2)c1. The monoisotopic (exact) mass is 326 g/mol. The zero-order valence-corrected chi connectivity index (χ0v) is 13.6. The minimum atomic E-state index is 0.0465. The van der Waals surface area contributed by atoms with Crippen molar-refractivity contribution < 1.29 is 9.53 Å². The summed E-state index contributed by atoms with van der Waals surface area (Å²) < 4.78 is 5.62. The van der Waals surface area contributed by atoms with Crippen LogP contribution in [-0.2, 0) is 4.79 Å². The smallest absolute Gasteiger partial charge is 0.238 e. The third kappa shape index (κ3) is 5.03. The van der Waals surface area contributed by atoms with Crippen LogP contribution in [0.3, 0.4) is 0 Å². The summed E-state index contributed by atoms with van der Waals surface area (Å²) in [4.78, 5) is 12.1. The quantitative estimate of drug-likeness (QED) is 0.853. The molecule has 0 radical (unpaired) electrons. The molecule has 1 fully saturated rings. The summed E-state index contributed by atoms with van der Waals surface area (Å²) in [6.45, 7) is 2.13. The first-order valence-electron chi connectivity index (χ1n) is 8.36. The van der Waals surface area contributed by atoms with Crippen molar-refractivity contribution in [1.82, 2.24) is 15.5 Å². The Morgan fingerprint density at radius 2 is 2.12 bits per heavy atom. The third-order valence-corrected chi connectivity index (χ3v) is 4.13. The van der Waals surface area contributed by atoms with Crippen LogP contribution in [0.1, 0.15) is 25.7 Å². The highest BCUT2D eigenvalue weighted by Crippen LogP contribution is 2.23. The lowest BCUT2D eigenvalue weighted by Gasteiger charge is -2.22. The Kier molecular flexibility index (Phi) is 5.74. The van der Waals surface area contributed by atoms with Gasteiger partial charge in [0, 0.05) is 30.4 Å². The first-order valence-corrected chi connectivity index (χ1v) is 8.36. The van der Waals surface area contributed by atoms with Gasteiger partial charge in [-0.15, -0.1) is 5.10 Å². The van der Waals surface area contributed by atoms with Crippen molar-refractivity contribution in [3.05, 3.63) is 42.6 Å². The molecule has 2 aromatic rings. The van der Waals surface area contributed by atoms with Gasteiger partial charge in [-0.25, -0.2) is 0 Å². The fraction of sp³-hybridized carbons (Fsp3) is 0.389. The summed E-state index contributed by atoms with van der Waals surface area (Å²) in [5, 5.41) is 13.9. The van der Waals surface area contributed by atoms with Gasteiger partial charge in [0.1, 0.15) is 5.75 Å². The number of hydrogen-bond donors (Lipinski definition) is 2. The topological polar surface area (TPSA) is 76.1 Å². The highest BCUT2D eigenvalue weighted by molar-refractivity contribution is 5.90. The van der Waals surface area contributed by atoms with Crippen LogP contribution in [0, 0.1) is 5.92 Å². The summed E-state index contributed by atoms with van der Waals surface area (Å²) in [5.74, 6) is 1.74. The molecular formula is C18H22N4O2. The fourth-order valence-electron chi connectivity index (χ4n) is 2.83. The minimum Gasteiger partial charge on any atom is -0.437 e. The number of hydrogen-bond acceptors (Lipinski definition) is 5. The number of rotatable bonds is 6. The Morgan fingerprint density at radius 1 is 1.25 bits per heavy atom. The summed E-state index contributed by atoms with van der Waals surface area (Å²) in [5.41, 5.74) is 0.728. The predicted molar refractivity (Wildman–Crippen MR) is 92.0 cm³/mol. The van der Waals surface area contributed by atoms with E-state index in [-0.39, 0.29) is 5.91 Å². The molecule has 0 aliphatic carbocycles. The second kappa shape index (κ2) is 8.40. The van der Waals surface area contributed by atoms with Gasteiger partial charge in [-0.1, -0.05) is 6.07 Å². The second-order valence-electron chi connectivity index (χ2n) is 5.97. The summed E-state index contributed by atoms with van der Waals surface area (Å²) in [6.07, 6.45) is 5.42. The molecular weight excluding hydrogens is 304 g/mol. The van der Waals surface area contributed by atoms with E-state index in [0.29, 0.717) is 24.0 Å². The average Bonchev–Trinajstić information content (AvgIpc) is 2.62. The van der Waals surface area contributed by atoms with Crippen molar-refractivity contribution in [2.24, 2.45) is 5.92 Å². The Labute approximate surface area is 141 Å². The molecule has 0 unspecified atom stereocenters. The molecule has 0 spiro atoms. The molecule has 24 heavy (non-hydrogen) atoms. The summed E-state index contributed by atoms with van der Waals surface area (Å²) >= 11 is 0. The molecule has 1 amide bonds. The van der Waals surface area contributed by atoms with Gasteiger partial charge in [0.25, 0.3) is 0 Å². The van der Waals surface area contributed by atoms with Crippen LogP contribution in [0.25, 0.3) is 0 Å². The van der Waals surface area contributed by atoms with E-state index in [2.05, 4.69) is 20.8 Å². The molecule has 0 atom stereocenters. The lowest BCUT2D eigenvalue weighted by atomic mass is 9.93. The van der Waals surface area contributed by atoms with E-state index in [1.807, 2.05) is 18.2 Å². The van der Waals surface area contributed by atoms with Crippen LogP contribution in [0.2, 0.25) is 0 Å². The average molecular weight is 326 g/mol.